The molecule has 12 nitrogen and oxygen atoms in total. The van der Waals surface area contributed by atoms with Crippen molar-refractivity contribution in [2.45, 2.75) is 69.4 Å². The Bertz CT molecular complexity index is 1880. The molecule has 0 bridgehead atoms. The summed E-state index contributed by atoms with van der Waals surface area (Å²) in [6.45, 7) is -0.513. The maximum absolute atomic E-state index is 14.5. The third kappa shape index (κ3) is 12.1. The van der Waals surface area contributed by atoms with Crippen LogP contribution in [0.15, 0.2) is 121 Å². The highest BCUT2D eigenvalue weighted by atomic mass is 32.7. The van der Waals surface area contributed by atoms with E-state index in [1.165, 1.54) is 36.4 Å². The largest absolute Gasteiger partial charge is 0.459 e. The van der Waals surface area contributed by atoms with Gasteiger partial charge in [-0.15, -0.1) is 0 Å². The minimum atomic E-state index is -4.08. The molecule has 5 rings (SSSR count). The van der Waals surface area contributed by atoms with Crippen LogP contribution in [0.2, 0.25) is 0 Å². The van der Waals surface area contributed by atoms with Crippen molar-refractivity contribution in [2.75, 3.05) is 19.8 Å². The van der Waals surface area contributed by atoms with Gasteiger partial charge in [0, 0.05) is 0 Å². The molecular weight excluding hydrogens is 759 g/mol. The predicted octanol–water partition coefficient (Wildman–Crippen LogP) is 8.72. The minimum absolute atomic E-state index is 0.0932. The van der Waals surface area contributed by atoms with E-state index in [-0.39, 0.29) is 35.5 Å². The van der Waals surface area contributed by atoms with Crippen molar-refractivity contribution in [3.8, 4) is 0 Å². The van der Waals surface area contributed by atoms with Crippen molar-refractivity contribution in [2.24, 2.45) is 0 Å². The van der Waals surface area contributed by atoms with Gasteiger partial charge in [0.05, 0.1) is 35.5 Å². The minimum Gasteiger partial charge on any atom is -0.459 e. The number of carbonyl (C=O) groups excluding carboxylic acids is 4. The van der Waals surface area contributed by atoms with Gasteiger partial charge in [-0.05, 0) is 72.8 Å². The average Bonchev–Trinajstić information content (AvgIpc) is 3.23. The lowest BCUT2D eigenvalue weighted by atomic mass is 9.98. The maximum atomic E-state index is 14.5. The molecule has 5 atom stereocenters. The zero-order chi connectivity index (χ0) is 39.8. The van der Waals surface area contributed by atoms with Gasteiger partial charge >= 0.3 is 30.7 Å². The second-order valence-electron chi connectivity index (χ2n) is 12.6. The molecule has 0 N–H and O–H groups in total. The lowest BCUT2D eigenvalue weighted by Crippen LogP contribution is -2.61. The van der Waals surface area contributed by atoms with Gasteiger partial charge in [-0.25, -0.2) is 23.7 Å². The van der Waals surface area contributed by atoms with Crippen molar-refractivity contribution in [3.05, 3.63) is 144 Å². The lowest BCUT2D eigenvalue weighted by molar-refractivity contribution is -0.207. The molecule has 1 fully saturated rings. The second-order valence-corrected chi connectivity index (χ2v) is 16.7. The Morgan fingerprint density at radius 2 is 0.929 bits per heavy atom. The smallest absolute Gasteiger partial charge is 0.391 e. The molecule has 56 heavy (non-hydrogen) atoms. The van der Waals surface area contributed by atoms with Gasteiger partial charge in [-0.3, -0.25) is 0 Å². The van der Waals surface area contributed by atoms with Crippen LogP contribution in [-0.2, 0) is 37.3 Å². The first kappa shape index (κ1) is 42.4. The molecule has 296 valence electrons. The summed E-state index contributed by atoms with van der Waals surface area (Å²) in [5.41, 5.74) is -0.729. The molecule has 0 unspecified atom stereocenters. The van der Waals surface area contributed by atoms with Crippen LogP contribution in [-0.4, -0.2) is 73.5 Å². The molecule has 0 radical (unpaired) electrons. The summed E-state index contributed by atoms with van der Waals surface area (Å²) in [6.07, 6.45) is -3.42. The molecule has 1 saturated heterocycles. The van der Waals surface area contributed by atoms with E-state index in [1.807, 2.05) is 13.8 Å². The molecule has 4 aromatic rings. The number of esters is 4. The van der Waals surface area contributed by atoms with E-state index in [1.54, 1.807) is 84.9 Å². The van der Waals surface area contributed by atoms with Gasteiger partial charge in [0.2, 0.25) is 0 Å². The molecule has 1 aliphatic heterocycles. The van der Waals surface area contributed by atoms with E-state index in [0.717, 1.165) is 12.8 Å². The van der Waals surface area contributed by atoms with Crippen molar-refractivity contribution in [3.63, 3.8) is 0 Å². The number of rotatable bonds is 19. The summed E-state index contributed by atoms with van der Waals surface area (Å²) < 4.78 is 56.8. The summed E-state index contributed by atoms with van der Waals surface area (Å²) in [6, 6.07) is 32.4. The van der Waals surface area contributed by atoms with E-state index < -0.39 is 67.1 Å². The molecule has 1 heterocycles. The number of benzene rings is 4. The van der Waals surface area contributed by atoms with Gasteiger partial charge in [-0.2, -0.15) is 0 Å². The fourth-order valence-electron chi connectivity index (χ4n) is 5.48. The molecule has 0 amide bonds. The van der Waals surface area contributed by atoms with E-state index in [9.17, 15) is 23.7 Å². The van der Waals surface area contributed by atoms with Gasteiger partial charge in [0.25, 0.3) is 0 Å². The SMILES string of the molecule is CCCCOP(=O)(OCCCC)S[C@@H]1O[C@H](COC(=O)c2ccccc2)[C@H](OC(=O)c2ccccc2)[C@H](OC(=O)c2ccccc2)[C@H]1OC(=O)c1ccccc1. The molecule has 0 aromatic heterocycles. The van der Waals surface area contributed by atoms with Gasteiger partial charge in [0.1, 0.15) is 12.7 Å². The standard InChI is InChI=1S/C42H45O12PS/c1-3-5-27-49-55(47,50-28-6-4-2)56-42-37(54-41(46)33-25-17-10-18-26-33)36(53-40(45)32-23-15-9-16-24-32)35(52-39(44)31-21-13-8-14-22-31)34(51-42)29-48-38(43)30-19-11-7-12-20-30/h7-26,34-37,42H,3-6,27-29H2,1-2H3/t34-,35+,36+,37-,42+/m1/s1. The van der Waals surface area contributed by atoms with Crippen LogP contribution in [0.1, 0.15) is 81.0 Å². The average molecular weight is 805 g/mol. The Labute approximate surface area is 330 Å². The van der Waals surface area contributed by atoms with Crippen LogP contribution >= 0.6 is 18.2 Å². The number of unbranched alkanes of at least 4 members (excludes halogenated alkanes) is 2. The number of carbonyl (C=O) groups is 4. The van der Waals surface area contributed by atoms with Crippen molar-refractivity contribution >= 4 is 42.1 Å². The first-order chi connectivity index (χ1) is 27.2. The number of hydrogen-bond acceptors (Lipinski definition) is 13. The van der Waals surface area contributed by atoms with E-state index in [2.05, 4.69) is 0 Å². The molecule has 1 aliphatic rings. The summed E-state index contributed by atoms with van der Waals surface area (Å²) in [4.78, 5) is 54.7. The Kier molecular flexibility index (Phi) is 16.3. The van der Waals surface area contributed by atoms with Crippen LogP contribution < -0.4 is 0 Å². The lowest BCUT2D eigenvalue weighted by Gasteiger charge is -2.44. The fraction of sp³-hybridized carbons (Fsp3) is 0.333. The van der Waals surface area contributed by atoms with E-state index in [0.29, 0.717) is 24.2 Å². The van der Waals surface area contributed by atoms with Crippen molar-refractivity contribution in [1.29, 1.82) is 0 Å². The van der Waals surface area contributed by atoms with Crippen LogP contribution in [0.4, 0.5) is 0 Å². The highest BCUT2D eigenvalue weighted by Crippen LogP contribution is 2.64. The molecular formula is C42H45O12PS. The van der Waals surface area contributed by atoms with Crippen LogP contribution in [0.25, 0.3) is 0 Å². The zero-order valence-electron chi connectivity index (χ0n) is 31.1. The van der Waals surface area contributed by atoms with Crippen molar-refractivity contribution in [1.82, 2.24) is 0 Å². The Balaban J connectivity index is 1.60. The van der Waals surface area contributed by atoms with Crippen LogP contribution in [0.3, 0.4) is 0 Å². The zero-order valence-corrected chi connectivity index (χ0v) is 32.8. The maximum Gasteiger partial charge on any atom is 0.391 e. The monoisotopic (exact) mass is 804 g/mol. The molecule has 0 spiro atoms. The predicted molar refractivity (Wildman–Crippen MR) is 209 cm³/mol. The summed E-state index contributed by atoms with van der Waals surface area (Å²) in [5, 5.41) is 0. The van der Waals surface area contributed by atoms with E-state index >= 15 is 0 Å². The number of hydrogen-bond donors (Lipinski definition) is 0. The van der Waals surface area contributed by atoms with Gasteiger partial charge in [-0.1, -0.05) is 99.5 Å². The Morgan fingerprint density at radius 1 is 0.554 bits per heavy atom. The normalized spacial score (nSPS) is 19.4. The topological polar surface area (TPSA) is 150 Å². The first-order valence-electron chi connectivity index (χ1n) is 18.4. The molecule has 0 aliphatic carbocycles. The molecule has 4 aromatic carbocycles. The van der Waals surface area contributed by atoms with E-state index in [4.69, 9.17) is 32.7 Å². The van der Waals surface area contributed by atoms with Crippen molar-refractivity contribution < 1.29 is 56.5 Å². The second kappa shape index (κ2) is 21.5. The van der Waals surface area contributed by atoms with Crippen LogP contribution in [0, 0.1) is 0 Å². The quantitative estimate of drug-likeness (QED) is 0.0385. The first-order valence-corrected chi connectivity index (χ1v) is 21.5. The fourth-order valence-corrected chi connectivity index (χ4v) is 9.24. The highest BCUT2D eigenvalue weighted by Gasteiger charge is 2.55. The summed E-state index contributed by atoms with van der Waals surface area (Å²) in [5.74, 6) is -3.21. The summed E-state index contributed by atoms with van der Waals surface area (Å²) in [7, 11) is 0. The molecule has 0 saturated carbocycles. The number of ether oxygens (including phenoxy) is 5. The summed E-state index contributed by atoms with van der Waals surface area (Å²) >= 11 is 0.632. The Morgan fingerprint density at radius 3 is 1.34 bits per heavy atom. The third-order valence-electron chi connectivity index (χ3n) is 8.46. The van der Waals surface area contributed by atoms with Gasteiger partial charge < -0.3 is 32.7 Å². The molecule has 14 heteroatoms. The highest BCUT2D eigenvalue weighted by molar-refractivity contribution is 8.55. The third-order valence-corrected chi connectivity index (χ3v) is 12.3. The van der Waals surface area contributed by atoms with Gasteiger partial charge in [0.15, 0.2) is 23.7 Å². The van der Waals surface area contributed by atoms with Crippen LogP contribution in [0.5, 0.6) is 0 Å². The Hall–Kier alpha value is -4.78.